The van der Waals surface area contributed by atoms with Gasteiger partial charge in [-0.25, -0.2) is 0 Å². The van der Waals surface area contributed by atoms with Crippen molar-refractivity contribution in [1.82, 2.24) is 5.32 Å². The molecule has 1 amide bonds. The minimum atomic E-state index is -0.107. The Bertz CT molecular complexity index is 765. The number of carbonyl (C=O) groups is 1. The lowest BCUT2D eigenvalue weighted by molar-refractivity contribution is -0.122. The Morgan fingerprint density at radius 3 is 2.14 bits per heavy atom. The van der Waals surface area contributed by atoms with Crippen molar-refractivity contribution in [3.63, 3.8) is 0 Å². The molecule has 29 heavy (non-hydrogen) atoms. The molecule has 6 heteroatoms. The largest absolute Gasteiger partial charge is 0.497 e. The first-order valence-electron chi connectivity index (χ1n) is 9.91. The van der Waals surface area contributed by atoms with Gasteiger partial charge in [0.2, 0.25) is 5.91 Å². The third-order valence-electron chi connectivity index (χ3n) is 5.62. The maximum absolute atomic E-state index is 12.7. The highest BCUT2D eigenvalue weighted by Gasteiger charge is 2.27. The van der Waals surface area contributed by atoms with Crippen molar-refractivity contribution >= 4 is 18.3 Å². The van der Waals surface area contributed by atoms with Gasteiger partial charge in [0.25, 0.3) is 0 Å². The van der Waals surface area contributed by atoms with Crippen molar-refractivity contribution in [1.29, 1.82) is 0 Å². The molecule has 1 fully saturated rings. The lowest BCUT2D eigenvalue weighted by Gasteiger charge is -2.22. The molecule has 1 aliphatic carbocycles. The van der Waals surface area contributed by atoms with Crippen LogP contribution < -0.4 is 20.5 Å². The van der Waals surface area contributed by atoms with Crippen LogP contribution in [0, 0.1) is 5.92 Å². The number of carbonyl (C=O) groups excluding carboxylic acids is 1. The van der Waals surface area contributed by atoms with E-state index in [1.54, 1.807) is 14.2 Å². The number of rotatable bonds is 8. The number of ether oxygens (including phenoxy) is 2. The average molecular weight is 419 g/mol. The molecule has 158 valence electrons. The van der Waals surface area contributed by atoms with Gasteiger partial charge in [-0.05, 0) is 60.6 Å². The molecule has 0 aromatic heterocycles. The molecule has 0 saturated heterocycles. The molecule has 1 saturated carbocycles. The van der Waals surface area contributed by atoms with Gasteiger partial charge in [0.05, 0.1) is 20.3 Å². The summed E-state index contributed by atoms with van der Waals surface area (Å²) in [6, 6.07) is 15.9. The van der Waals surface area contributed by atoms with Gasteiger partial charge in [-0.2, -0.15) is 0 Å². The van der Waals surface area contributed by atoms with E-state index in [0.717, 1.165) is 41.9 Å². The Kier molecular flexibility index (Phi) is 8.80. The normalized spacial score (nSPS) is 19.1. The van der Waals surface area contributed by atoms with Gasteiger partial charge in [-0.1, -0.05) is 30.7 Å². The van der Waals surface area contributed by atoms with Crippen molar-refractivity contribution in [2.75, 3.05) is 14.2 Å². The summed E-state index contributed by atoms with van der Waals surface area (Å²) in [5, 5.41) is 3.23. The summed E-state index contributed by atoms with van der Waals surface area (Å²) in [6.45, 7) is 0. The van der Waals surface area contributed by atoms with Crippen molar-refractivity contribution in [2.24, 2.45) is 11.7 Å². The van der Waals surface area contributed by atoms with Gasteiger partial charge < -0.3 is 20.5 Å². The molecule has 0 bridgehead atoms. The molecule has 3 rings (SSSR count). The Balaban J connectivity index is 0.00000300. The summed E-state index contributed by atoms with van der Waals surface area (Å²) >= 11 is 0. The first-order chi connectivity index (χ1) is 13.6. The number of amides is 1. The predicted octanol–water partition coefficient (Wildman–Crippen LogP) is 4.04. The first kappa shape index (κ1) is 23.0. The monoisotopic (exact) mass is 418 g/mol. The summed E-state index contributed by atoms with van der Waals surface area (Å²) in [5.41, 5.74) is 8.34. The van der Waals surface area contributed by atoms with Crippen molar-refractivity contribution < 1.29 is 14.3 Å². The summed E-state index contributed by atoms with van der Waals surface area (Å²) in [6.07, 6.45) is 4.38. The molecule has 0 aliphatic heterocycles. The molecule has 2 aromatic rings. The Labute approximate surface area is 179 Å². The van der Waals surface area contributed by atoms with Gasteiger partial charge in [-0.15, -0.1) is 12.4 Å². The molecule has 0 spiro atoms. The minimum absolute atomic E-state index is 0. The van der Waals surface area contributed by atoms with Crippen LogP contribution in [0.2, 0.25) is 0 Å². The van der Waals surface area contributed by atoms with Gasteiger partial charge in [-0.3, -0.25) is 4.79 Å². The molecular formula is C23H31ClN2O3. The quantitative estimate of drug-likeness (QED) is 0.678. The number of nitrogens with two attached hydrogens (primary N) is 1. The van der Waals surface area contributed by atoms with Crippen molar-refractivity contribution in [3.8, 4) is 11.5 Å². The van der Waals surface area contributed by atoms with E-state index in [4.69, 9.17) is 15.2 Å². The number of halogens is 1. The second kappa shape index (κ2) is 11.1. The van der Waals surface area contributed by atoms with Gasteiger partial charge in [0.1, 0.15) is 11.5 Å². The number of nitrogens with one attached hydrogen (secondary N) is 1. The molecule has 5 nitrogen and oxygen atoms in total. The third kappa shape index (κ3) is 6.38. The van der Waals surface area contributed by atoms with Crippen LogP contribution >= 0.6 is 12.4 Å². The zero-order chi connectivity index (χ0) is 19.9. The summed E-state index contributed by atoms with van der Waals surface area (Å²) < 4.78 is 10.5. The van der Waals surface area contributed by atoms with E-state index in [0.29, 0.717) is 12.8 Å². The van der Waals surface area contributed by atoms with Crippen LogP contribution in [0.15, 0.2) is 48.5 Å². The van der Waals surface area contributed by atoms with Crippen LogP contribution in [0.4, 0.5) is 0 Å². The fraction of sp³-hybridized carbons (Fsp3) is 0.435. The Morgan fingerprint density at radius 2 is 1.62 bits per heavy atom. The summed E-state index contributed by atoms with van der Waals surface area (Å²) in [7, 11) is 3.31. The fourth-order valence-electron chi connectivity index (χ4n) is 3.90. The SMILES string of the molecule is COc1ccc(CC(NC(=O)C[C@@H]2CCC[C@H]2N)c2ccc(OC)cc2)cc1.Cl. The predicted molar refractivity (Wildman–Crippen MR) is 118 cm³/mol. The molecule has 3 N–H and O–H groups in total. The lowest BCUT2D eigenvalue weighted by atomic mass is 9.96. The summed E-state index contributed by atoms with van der Waals surface area (Å²) in [4.78, 5) is 12.7. The van der Waals surface area contributed by atoms with Crippen LogP contribution in [-0.4, -0.2) is 26.2 Å². The highest BCUT2D eigenvalue weighted by molar-refractivity contribution is 5.85. The summed E-state index contributed by atoms with van der Waals surface area (Å²) in [5.74, 6) is 1.98. The molecular weight excluding hydrogens is 388 g/mol. The maximum atomic E-state index is 12.7. The van der Waals surface area contributed by atoms with Gasteiger partial charge in [0, 0.05) is 12.5 Å². The smallest absolute Gasteiger partial charge is 0.220 e. The van der Waals surface area contributed by atoms with Crippen molar-refractivity contribution in [2.45, 2.75) is 44.2 Å². The van der Waals surface area contributed by atoms with Crippen LogP contribution in [0.25, 0.3) is 0 Å². The molecule has 0 radical (unpaired) electrons. The Morgan fingerprint density at radius 1 is 1.03 bits per heavy atom. The average Bonchev–Trinajstić information content (AvgIpc) is 3.12. The highest BCUT2D eigenvalue weighted by Crippen LogP contribution is 2.28. The van der Waals surface area contributed by atoms with Crippen LogP contribution in [0.1, 0.15) is 42.9 Å². The third-order valence-corrected chi connectivity index (χ3v) is 5.62. The van der Waals surface area contributed by atoms with E-state index in [-0.39, 0.29) is 36.3 Å². The number of benzene rings is 2. The standard InChI is InChI=1S/C23H30N2O3.ClH/c1-27-19-10-6-16(7-11-19)14-22(17-8-12-20(28-2)13-9-17)25-23(26)15-18-4-3-5-21(18)24;/h6-13,18,21-22H,3-5,14-15,24H2,1-2H3,(H,25,26);1H/t18-,21+,22?;/m0./s1. The zero-order valence-electron chi connectivity index (χ0n) is 17.1. The van der Waals surface area contributed by atoms with E-state index in [1.807, 2.05) is 48.5 Å². The topological polar surface area (TPSA) is 73.6 Å². The molecule has 0 heterocycles. The molecule has 1 aliphatic rings. The second-order valence-corrected chi connectivity index (χ2v) is 7.50. The van der Waals surface area contributed by atoms with Crippen LogP contribution in [-0.2, 0) is 11.2 Å². The maximum Gasteiger partial charge on any atom is 0.220 e. The van der Waals surface area contributed by atoms with Gasteiger partial charge in [0.15, 0.2) is 0 Å². The first-order valence-corrected chi connectivity index (χ1v) is 9.91. The number of methoxy groups -OCH3 is 2. The molecule has 2 aromatic carbocycles. The fourth-order valence-corrected chi connectivity index (χ4v) is 3.90. The zero-order valence-corrected chi connectivity index (χ0v) is 17.9. The lowest BCUT2D eigenvalue weighted by Crippen LogP contribution is -2.34. The number of hydrogen-bond donors (Lipinski definition) is 2. The highest BCUT2D eigenvalue weighted by atomic mass is 35.5. The van der Waals surface area contributed by atoms with E-state index in [2.05, 4.69) is 5.32 Å². The van der Waals surface area contributed by atoms with E-state index < -0.39 is 0 Å². The Hall–Kier alpha value is -2.24. The molecule has 3 atom stereocenters. The van der Waals surface area contributed by atoms with E-state index in [9.17, 15) is 4.79 Å². The number of hydrogen-bond acceptors (Lipinski definition) is 4. The minimum Gasteiger partial charge on any atom is -0.497 e. The van der Waals surface area contributed by atoms with E-state index in [1.165, 1.54) is 0 Å². The van der Waals surface area contributed by atoms with Crippen LogP contribution in [0.5, 0.6) is 11.5 Å². The van der Waals surface area contributed by atoms with Crippen molar-refractivity contribution in [3.05, 3.63) is 59.7 Å². The van der Waals surface area contributed by atoms with E-state index >= 15 is 0 Å². The second-order valence-electron chi connectivity index (χ2n) is 7.50. The van der Waals surface area contributed by atoms with Gasteiger partial charge >= 0.3 is 0 Å². The molecule has 1 unspecified atom stereocenters. The van der Waals surface area contributed by atoms with Crippen LogP contribution in [0.3, 0.4) is 0 Å².